The normalized spacial score (nSPS) is 10.8. The predicted octanol–water partition coefficient (Wildman–Crippen LogP) is 1.43. The van der Waals surface area contributed by atoms with Gasteiger partial charge in [0.25, 0.3) is 0 Å². The van der Waals surface area contributed by atoms with Crippen molar-refractivity contribution in [2.24, 2.45) is 0 Å². The Morgan fingerprint density at radius 2 is 2.20 bits per heavy atom. The number of rotatable bonds is 4. The Balaban J connectivity index is 2.44. The molecule has 0 spiro atoms. The van der Waals surface area contributed by atoms with Crippen LogP contribution in [0.15, 0.2) is 24.3 Å². The van der Waals surface area contributed by atoms with Gasteiger partial charge in [-0.3, -0.25) is 0 Å². The van der Waals surface area contributed by atoms with E-state index in [9.17, 15) is 0 Å². The summed E-state index contributed by atoms with van der Waals surface area (Å²) in [4.78, 5) is 0. The fourth-order valence-corrected chi connectivity index (χ4v) is 1.64. The predicted molar refractivity (Wildman–Crippen MR) is 58.0 cm³/mol. The van der Waals surface area contributed by atoms with Crippen LogP contribution < -0.4 is 4.74 Å². The molecule has 0 amide bonds. The van der Waals surface area contributed by atoms with Gasteiger partial charge in [0.15, 0.2) is 0 Å². The van der Waals surface area contributed by atoms with E-state index in [1.165, 1.54) is 0 Å². The molecule has 1 heterocycles. The highest BCUT2D eigenvalue weighted by Crippen LogP contribution is 2.24. The third kappa shape index (κ3) is 1.80. The first-order valence-corrected chi connectivity index (χ1v) is 4.97. The van der Waals surface area contributed by atoms with Gasteiger partial charge >= 0.3 is 0 Å². The van der Waals surface area contributed by atoms with Crippen LogP contribution in [0.4, 0.5) is 0 Å². The van der Waals surface area contributed by atoms with Crippen molar-refractivity contribution < 1.29 is 9.84 Å². The van der Waals surface area contributed by atoms with Gasteiger partial charge in [0.2, 0.25) is 5.88 Å². The Kier molecular flexibility index (Phi) is 2.87. The molecular formula is C11H14N2O2. The summed E-state index contributed by atoms with van der Waals surface area (Å²) in [5.41, 5.74) is 0.923. The number of methoxy groups -OCH3 is 1. The molecule has 4 nitrogen and oxygen atoms in total. The number of benzene rings is 1. The van der Waals surface area contributed by atoms with Crippen LogP contribution in [-0.2, 0) is 6.54 Å². The van der Waals surface area contributed by atoms with E-state index in [4.69, 9.17) is 9.84 Å². The van der Waals surface area contributed by atoms with Crippen molar-refractivity contribution in [1.29, 1.82) is 0 Å². The SMILES string of the molecule is COc1c2ccccc2nn1CCCO. The van der Waals surface area contributed by atoms with Crippen LogP contribution in [0.5, 0.6) is 5.88 Å². The number of aryl methyl sites for hydroxylation is 1. The van der Waals surface area contributed by atoms with Crippen molar-refractivity contribution in [3.05, 3.63) is 24.3 Å². The lowest BCUT2D eigenvalue weighted by Crippen LogP contribution is -2.04. The summed E-state index contributed by atoms with van der Waals surface area (Å²) in [7, 11) is 1.64. The summed E-state index contributed by atoms with van der Waals surface area (Å²) >= 11 is 0. The topological polar surface area (TPSA) is 47.3 Å². The Morgan fingerprint density at radius 1 is 1.40 bits per heavy atom. The first kappa shape index (κ1) is 9.98. The van der Waals surface area contributed by atoms with Gasteiger partial charge in [-0.1, -0.05) is 12.1 Å². The number of aliphatic hydroxyl groups excluding tert-OH is 1. The minimum Gasteiger partial charge on any atom is -0.481 e. The molecule has 1 N–H and O–H groups in total. The number of aromatic nitrogens is 2. The molecule has 0 saturated heterocycles. The van der Waals surface area contributed by atoms with Crippen molar-refractivity contribution in [1.82, 2.24) is 9.78 Å². The number of fused-ring (bicyclic) bond motifs is 1. The number of hydrogen-bond donors (Lipinski definition) is 1. The van der Waals surface area contributed by atoms with Gasteiger partial charge in [-0.25, -0.2) is 4.68 Å². The van der Waals surface area contributed by atoms with Crippen LogP contribution in [0.1, 0.15) is 6.42 Å². The molecule has 0 aliphatic rings. The second-order valence-electron chi connectivity index (χ2n) is 3.33. The van der Waals surface area contributed by atoms with E-state index in [-0.39, 0.29) is 6.61 Å². The number of aliphatic hydroxyl groups is 1. The summed E-state index contributed by atoms with van der Waals surface area (Å²) in [6, 6.07) is 7.85. The lowest BCUT2D eigenvalue weighted by atomic mass is 10.2. The molecule has 0 atom stereocenters. The van der Waals surface area contributed by atoms with Crippen molar-refractivity contribution >= 4 is 10.9 Å². The second-order valence-corrected chi connectivity index (χ2v) is 3.33. The van der Waals surface area contributed by atoms with E-state index < -0.39 is 0 Å². The molecule has 0 radical (unpaired) electrons. The van der Waals surface area contributed by atoms with Crippen molar-refractivity contribution in [2.45, 2.75) is 13.0 Å². The van der Waals surface area contributed by atoms with Crippen molar-refractivity contribution in [3.8, 4) is 5.88 Å². The van der Waals surface area contributed by atoms with Crippen molar-refractivity contribution in [3.63, 3.8) is 0 Å². The zero-order chi connectivity index (χ0) is 10.7. The fraction of sp³-hybridized carbons (Fsp3) is 0.364. The molecular weight excluding hydrogens is 192 g/mol. The fourth-order valence-electron chi connectivity index (χ4n) is 1.64. The molecule has 0 aliphatic heterocycles. The van der Waals surface area contributed by atoms with E-state index in [2.05, 4.69) is 5.10 Å². The Morgan fingerprint density at radius 3 is 2.93 bits per heavy atom. The quantitative estimate of drug-likeness (QED) is 0.823. The molecule has 15 heavy (non-hydrogen) atoms. The van der Waals surface area contributed by atoms with Crippen LogP contribution in [0.3, 0.4) is 0 Å². The molecule has 4 heteroatoms. The second kappa shape index (κ2) is 4.31. The van der Waals surface area contributed by atoms with Crippen LogP contribution in [-0.4, -0.2) is 28.6 Å². The Hall–Kier alpha value is -1.55. The molecule has 2 rings (SSSR count). The Bertz CT molecular complexity index is 451. The largest absolute Gasteiger partial charge is 0.481 e. The summed E-state index contributed by atoms with van der Waals surface area (Å²) in [6.45, 7) is 0.841. The Labute approximate surface area is 88.1 Å². The molecule has 1 aromatic heterocycles. The smallest absolute Gasteiger partial charge is 0.219 e. The zero-order valence-electron chi connectivity index (χ0n) is 8.68. The highest BCUT2D eigenvalue weighted by atomic mass is 16.5. The zero-order valence-corrected chi connectivity index (χ0v) is 8.68. The van der Waals surface area contributed by atoms with Gasteiger partial charge in [0, 0.05) is 13.2 Å². The molecule has 1 aromatic carbocycles. The third-order valence-electron chi connectivity index (χ3n) is 2.32. The van der Waals surface area contributed by atoms with Gasteiger partial charge in [-0.2, -0.15) is 5.10 Å². The number of ether oxygens (including phenoxy) is 1. The molecule has 80 valence electrons. The molecule has 0 aliphatic carbocycles. The number of hydrogen-bond acceptors (Lipinski definition) is 3. The maximum Gasteiger partial charge on any atom is 0.219 e. The standard InChI is InChI=1S/C11H14N2O2/c1-15-11-9-5-2-3-6-10(9)12-13(11)7-4-8-14/h2-3,5-6,14H,4,7-8H2,1H3. The lowest BCUT2D eigenvalue weighted by molar-refractivity contribution is 0.270. The summed E-state index contributed by atoms with van der Waals surface area (Å²) in [6.07, 6.45) is 0.685. The van der Waals surface area contributed by atoms with E-state index in [0.29, 0.717) is 13.0 Å². The van der Waals surface area contributed by atoms with Gasteiger partial charge in [-0.05, 0) is 18.6 Å². The summed E-state index contributed by atoms with van der Waals surface area (Å²) in [5, 5.41) is 14.2. The van der Waals surface area contributed by atoms with Crippen LogP contribution >= 0.6 is 0 Å². The highest BCUT2D eigenvalue weighted by Gasteiger charge is 2.09. The first-order valence-electron chi connectivity index (χ1n) is 4.97. The summed E-state index contributed by atoms with van der Waals surface area (Å²) < 4.78 is 7.11. The molecule has 0 bridgehead atoms. The van der Waals surface area contributed by atoms with Gasteiger partial charge < -0.3 is 9.84 Å². The van der Waals surface area contributed by atoms with Crippen molar-refractivity contribution in [2.75, 3.05) is 13.7 Å². The van der Waals surface area contributed by atoms with Crippen LogP contribution in [0.25, 0.3) is 10.9 Å². The lowest BCUT2D eigenvalue weighted by Gasteiger charge is -2.04. The van der Waals surface area contributed by atoms with E-state index in [1.54, 1.807) is 11.8 Å². The van der Waals surface area contributed by atoms with Crippen LogP contribution in [0.2, 0.25) is 0 Å². The van der Waals surface area contributed by atoms with E-state index in [1.807, 2.05) is 24.3 Å². The van der Waals surface area contributed by atoms with Crippen LogP contribution in [0, 0.1) is 0 Å². The maximum atomic E-state index is 8.78. The molecule has 0 saturated carbocycles. The minimum absolute atomic E-state index is 0.166. The average Bonchev–Trinajstić information content (AvgIpc) is 2.63. The molecule has 0 fully saturated rings. The first-order chi connectivity index (χ1) is 7.36. The minimum atomic E-state index is 0.166. The molecule has 2 aromatic rings. The van der Waals surface area contributed by atoms with E-state index in [0.717, 1.165) is 16.8 Å². The van der Waals surface area contributed by atoms with Gasteiger partial charge in [-0.15, -0.1) is 0 Å². The maximum absolute atomic E-state index is 8.78. The summed E-state index contributed by atoms with van der Waals surface area (Å²) in [5.74, 6) is 0.763. The number of nitrogens with zero attached hydrogens (tertiary/aromatic N) is 2. The van der Waals surface area contributed by atoms with Gasteiger partial charge in [0.05, 0.1) is 18.0 Å². The van der Waals surface area contributed by atoms with E-state index >= 15 is 0 Å². The van der Waals surface area contributed by atoms with Gasteiger partial charge in [0.1, 0.15) is 0 Å². The monoisotopic (exact) mass is 206 g/mol. The molecule has 0 unspecified atom stereocenters. The highest BCUT2D eigenvalue weighted by molar-refractivity contribution is 5.84. The third-order valence-corrected chi connectivity index (χ3v) is 2.32. The average molecular weight is 206 g/mol.